The summed E-state index contributed by atoms with van der Waals surface area (Å²) in [5.74, 6) is 8.86. The van der Waals surface area contributed by atoms with E-state index in [1.165, 1.54) is 16.7 Å². The van der Waals surface area contributed by atoms with Crippen LogP contribution in [0.5, 0.6) is 0 Å². The molecule has 0 N–H and O–H groups in total. The minimum Gasteiger partial charge on any atom is -0.486 e. The van der Waals surface area contributed by atoms with Gasteiger partial charge in [0.05, 0.1) is 28.1 Å². The fourth-order valence-electron chi connectivity index (χ4n) is 7.61. The summed E-state index contributed by atoms with van der Waals surface area (Å²) in [5, 5.41) is 2.09. The van der Waals surface area contributed by atoms with Gasteiger partial charge in [-0.05, 0) is 63.1 Å². The number of furan rings is 1. The van der Waals surface area contributed by atoms with Crippen LogP contribution in [0.15, 0.2) is 102 Å². The summed E-state index contributed by atoms with van der Waals surface area (Å²) >= 11 is -1.86. The van der Waals surface area contributed by atoms with Crippen LogP contribution in [0.3, 0.4) is 0 Å². The van der Waals surface area contributed by atoms with Crippen molar-refractivity contribution >= 4 is 50.8 Å². The molecule has 7 heteroatoms. The average molecular weight is 964 g/mol. The molecule has 0 aliphatic rings. The topological polar surface area (TPSA) is 56.7 Å². The number of aryl methyl sites for hydroxylation is 3. The number of hydrogen-bond acceptors (Lipinski definition) is 4. The number of fused-ring (bicyclic) bond motifs is 4. The second-order valence-corrected chi connectivity index (χ2v) is 26.8. The van der Waals surface area contributed by atoms with Crippen molar-refractivity contribution in [2.45, 2.75) is 78.2 Å². The fraction of sp³-hybridized carbons (Fsp3) is 0.271. The van der Waals surface area contributed by atoms with Crippen molar-refractivity contribution in [3.8, 4) is 33.9 Å². The molecule has 5 nitrogen and oxygen atoms in total. The SMILES string of the molecule is CC(C)Cc1cc(-c2[c-]cccc2)nc[c]1[Ge]([CH3])([CH3])[CH3].Cc1cccc(C)c1-c1ccc2c(n1)oc1c(-c3nc4ccccc4n3C(C)C)[c-]cc(C)c12.[Ir]. The molecule has 0 fully saturated rings. The normalized spacial score (nSPS) is 11.7. The van der Waals surface area contributed by atoms with Gasteiger partial charge in [0, 0.05) is 37.1 Å². The molecule has 0 aliphatic carbocycles. The van der Waals surface area contributed by atoms with Crippen LogP contribution in [0.2, 0.25) is 17.3 Å². The third-order valence-corrected chi connectivity index (χ3v) is 14.4. The zero-order valence-electron chi connectivity index (χ0n) is 33.6. The van der Waals surface area contributed by atoms with Crippen LogP contribution in [0.4, 0.5) is 0 Å². The molecule has 0 aliphatic heterocycles. The molecule has 0 spiro atoms. The minimum atomic E-state index is -1.86. The molecule has 283 valence electrons. The van der Waals surface area contributed by atoms with E-state index in [1.54, 1.807) is 4.40 Å². The second kappa shape index (κ2) is 16.4. The third-order valence-electron chi connectivity index (χ3n) is 10.1. The molecular formula is C48H50GeIrN4O-2. The summed E-state index contributed by atoms with van der Waals surface area (Å²) in [4.78, 5) is 14.7. The van der Waals surface area contributed by atoms with Crippen molar-refractivity contribution in [1.29, 1.82) is 0 Å². The van der Waals surface area contributed by atoms with Crippen molar-refractivity contribution in [1.82, 2.24) is 19.5 Å². The van der Waals surface area contributed by atoms with E-state index in [1.807, 2.05) is 30.3 Å². The molecule has 1 radical (unpaired) electrons. The van der Waals surface area contributed by atoms with Gasteiger partial charge in [-0.2, -0.15) is 0 Å². The van der Waals surface area contributed by atoms with Crippen LogP contribution in [0.25, 0.3) is 67.0 Å². The van der Waals surface area contributed by atoms with Crippen LogP contribution in [-0.4, -0.2) is 32.8 Å². The molecule has 0 saturated heterocycles. The number of rotatable bonds is 7. The Hall–Kier alpha value is -4.36. The molecule has 0 unspecified atom stereocenters. The van der Waals surface area contributed by atoms with Gasteiger partial charge in [-0.15, -0.1) is 17.7 Å². The monoisotopic (exact) mass is 965 g/mol. The van der Waals surface area contributed by atoms with E-state index >= 15 is 0 Å². The number of imidazole rings is 1. The van der Waals surface area contributed by atoms with Crippen molar-refractivity contribution in [2.75, 3.05) is 0 Å². The van der Waals surface area contributed by atoms with Crippen LogP contribution in [-0.2, 0) is 26.5 Å². The van der Waals surface area contributed by atoms with E-state index in [4.69, 9.17) is 19.4 Å². The predicted molar refractivity (Wildman–Crippen MR) is 229 cm³/mol. The van der Waals surface area contributed by atoms with Gasteiger partial charge in [0.2, 0.25) is 5.71 Å². The Labute approximate surface area is 342 Å². The first-order chi connectivity index (χ1) is 25.8. The quantitative estimate of drug-likeness (QED) is 0.118. The molecule has 8 aromatic rings. The third kappa shape index (κ3) is 8.14. The molecular weight excluding hydrogens is 913 g/mol. The largest absolute Gasteiger partial charge is 0.486 e. The van der Waals surface area contributed by atoms with Crippen molar-refractivity contribution < 1.29 is 24.5 Å². The van der Waals surface area contributed by atoms with E-state index in [2.05, 4.69) is 149 Å². The number of hydrogen-bond donors (Lipinski definition) is 0. The van der Waals surface area contributed by atoms with Gasteiger partial charge in [0.25, 0.3) is 0 Å². The second-order valence-electron chi connectivity index (χ2n) is 16.2. The van der Waals surface area contributed by atoms with Gasteiger partial charge < -0.3 is 8.98 Å². The van der Waals surface area contributed by atoms with Gasteiger partial charge in [0.1, 0.15) is 0 Å². The number of para-hydroxylation sites is 2. The molecule has 4 aromatic heterocycles. The van der Waals surface area contributed by atoms with E-state index in [0.29, 0.717) is 11.6 Å². The number of benzene rings is 4. The molecule has 4 heterocycles. The minimum absolute atomic E-state index is 0. The zero-order chi connectivity index (χ0) is 38.3. The van der Waals surface area contributed by atoms with E-state index < -0.39 is 13.3 Å². The maximum Gasteiger partial charge on any atom is 0.216 e. The Bertz CT molecular complexity index is 2590. The number of aromatic nitrogens is 4. The number of nitrogens with zero attached hydrogens (tertiary/aromatic N) is 4. The Kier molecular flexibility index (Phi) is 12.0. The molecule has 4 aromatic carbocycles. The fourth-order valence-corrected chi connectivity index (χ4v) is 10.9. The van der Waals surface area contributed by atoms with Gasteiger partial charge in [-0.1, -0.05) is 48.2 Å². The zero-order valence-corrected chi connectivity index (χ0v) is 38.1. The van der Waals surface area contributed by atoms with Crippen LogP contribution in [0.1, 0.15) is 56.0 Å². The molecule has 0 saturated carbocycles. The van der Waals surface area contributed by atoms with Gasteiger partial charge in [-0.25, -0.2) is 4.98 Å². The van der Waals surface area contributed by atoms with Gasteiger partial charge >= 0.3 is 126 Å². The first kappa shape index (κ1) is 40.3. The van der Waals surface area contributed by atoms with Gasteiger partial charge in [-0.3, -0.25) is 4.98 Å². The van der Waals surface area contributed by atoms with E-state index in [0.717, 1.165) is 73.3 Å². The van der Waals surface area contributed by atoms with Gasteiger partial charge in [0.15, 0.2) is 0 Å². The smallest absolute Gasteiger partial charge is 0.216 e. The van der Waals surface area contributed by atoms with Crippen molar-refractivity contribution in [3.63, 3.8) is 0 Å². The van der Waals surface area contributed by atoms with Crippen LogP contribution in [0, 0.1) is 38.8 Å². The van der Waals surface area contributed by atoms with E-state index in [9.17, 15) is 0 Å². The standard InChI is InChI=1S/C30H26N3O.C18H24GeN.Ir/c1-17(2)33-25-12-7-6-11-23(25)31-29(33)22-14-13-20(5)27-21-15-16-24(32-30(21)34-28(22)27)26-18(3)9-8-10-19(26)4;1-14(2)11-16-12-18(15-9-7-6-8-10-15)20-13-17(16)19(3,4)5;/h6-13,15-17H,1-5H3;6-9,12-14H,11H2,1-5H3;/q2*-1;. The summed E-state index contributed by atoms with van der Waals surface area (Å²) in [7, 11) is 0. The average Bonchev–Trinajstić information content (AvgIpc) is 3.71. The maximum atomic E-state index is 6.50. The molecule has 8 rings (SSSR count). The molecule has 0 bridgehead atoms. The van der Waals surface area contributed by atoms with E-state index in [-0.39, 0.29) is 26.1 Å². The number of pyridine rings is 2. The molecule has 0 atom stereocenters. The van der Waals surface area contributed by atoms with Crippen LogP contribution >= 0.6 is 0 Å². The first-order valence-corrected chi connectivity index (χ1v) is 26.4. The molecule has 55 heavy (non-hydrogen) atoms. The summed E-state index contributed by atoms with van der Waals surface area (Å²) in [6.07, 6.45) is 3.27. The predicted octanol–water partition coefficient (Wildman–Crippen LogP) is 12.3. The van der Waals surface area contributed by atoms with Crippen molar-refractivity contribution in [3.05, 3.63) is 132 Å². The van der Waals surface area contributed by atoms with Crippen molar-refractivity contribution in [2.24, 2.45) is 5.92 Å². The summed E-state index contributed by atoms with van der Waals surface area (Å²) in [6, 6.07) is 38.2. The Balaban J connectivity index is 0.000000211. The summed E-state index contributed by atoms with van der Waals surface area (Å²) in [5.41, 5.74) is 13.7. The Morgan fingerprint density at radius 1 is 0.782 bits per heavy atom. The molecule has 0 amide bonds. The Morgan fingerprint density at radius 2 is 1.51 bits per heavy atom. The Morgan fingerprint density at radius 3 is 2.18 bits per heavy atom. The van der Waals surface area contributed by atoms with Crippen LogP contribution < -0.4 is 4.40 Å². The summed E-state index contributed by atoms with van der Waals surface area (Å²) in [6.45, 7) is 15.3. The first-order valence-electron chi connectivity index (χ1n) is 19.1. The maximum absolute atomic E-state index is 6.50. The summed E-state index contributed by atoms with van der Waals surface area (Å²) < 4.78 is 10.3.